The van der Waals surface area contributed by atoms with Gasteiger partial charge < -0.3 is 19.3 Å². The minimum atomic E-state index is -0.472. The van der Waals surface area contributed by atoms with Crippen molar-refractivity contribution >= 4 is 17.5 Å². The Morgan fingerprint density at radius 3 is 2.69 bits per heavy atom. The number of rotatable bonds is 7. The molecule has 3 rings (SSSR count). The van der Waals surface area contributed by atoms with E-state index in [-0.39, 0.29) is 30.5 Å². The van der Waals surface area contributed by atoms with Crippen LogP contribution in [0.15, 0.2) is 42.5 Å². The number of para-hydroxylation sites is 2. The molecule has 1 fully saturated rings. The van der Waals surface area contributed by atoms with E-state index in [9.17, 15) is 14.0 Å². The molecule has 1 atom stereocenters. The number of carbonyl (C=O) groups is 2. The number of nitrogens with zero attached hydrogens (tertiary/aromatic N) is 2. The predicted molar refractivity (Wildman–Crippen MR) is 107 cm³/mol. The highest BCUT2D eigenvalue weighted by Gasteiger charge is 2.37. The lowest BCUT2D eigenvalue weighted by Gasteiger charge is -2.22. The van der Waals surface area contributed by atoms with Crippen LogP contribution in [0.4, 0.5) is 10.1 Å². The molecule has 6 nitrogen and oxygen atoms in total. The molecule has 7 heteroatoms. The molecule has 1 aliphatic heterocycles. The number of halogens is 1. The largest absolute Gasteiger partial charge is 0.494 e. The number of benzene rings is 2. The van der Waals surface area contributed by atoms with Crippen LogP contribution in [0.2, 0.25) is 0 Å². The Morgan fingerprint density at radius 1 is 1.24 bits per heavy atom. The van der Waals surface area contributed by atoms with Gasteiger partial charge in [-0.1, -0.05) is 18.2 Å². The molecule has 1 aliphatic rings. The first-order valence-corrected chi connectivity index (χ1v) is 9.54. The Balaban J connectivity index is 1.69. The molecule has 0 N–H and O–H groups in total. The van der Waals surface area contributed by atoms with Crippen molar-refractivity contribution in [1.29, 1.82) is 0 Å². The standard InChI is InChI=1S/C22H25FN2O4/c1-4-29-20-8-6-5-7-18(20)25-14-16(12-21(25)26)22(27)24(2)13-15-9-10-19(28-3)17(23)11-15/h5-11,16H,4,12-14H2,1-3H3. The van der Waals surface area contributed by atoms with Gasteiger partial charge in [0.2, 0.25) is 11.8 Å². The van der Waals surface area contributed by atoms with Crippen LogP contribution in [0.1, 0.15) is 18.9 Å². The first kappa shape index (κ1) is 20.6. The van der Waals surface area contributed by atoms with E-state index in [1.54, 1.807) is 18.0 Å². The number of methoxy groups -OCH3 is 1. The maximum absolute atomic E-state index is 13.9. The summed E-state index contributed by atoms with van der Waals surface area (Å²) in [5.41, 5.74) is 1.33. The van der Waals surface area contributed by atoms with Gasteiger partial charge in [-0.15, -0.1) is 0 Å². The molecule has 0 saturated carbocycles. The lowest BCUT2D eigenvalue weighted by Crippen LogP contribution is -2.34. The van der Waals surface area contributed by atoms with E-state index in [1.807, 2.05) is 31.2 Å². The Kier molecular flexibility index (Phi) is 6.36. The highest BCUT2D eigenvalue weighted by molar-refractivity contribution is 6.01. The van der Waals surface area contributed by atoms with Crippen LogP contribution in [-0.4, -0.2) is 44.0 Å². The van der Waals surface area contributed by atoms with Crippen LogP contribution in [0.3, 0.4) is 0 Å². The molecule has 2 aromatic rings. The molecule has 0 spiro atoms. The number of anilines is 1. The smallest absolute Gasteiger partial charge is 0.228 e. The maximum atomic E-state index is 13.9. The Labute approximate surface area is 169 Å². The zero-order valence-electron chi connectivity index (χ0n) is 16.9. The number of ether oxygens (including phenoxy) is 2. The summed E-state index contributed by atoms with van der Waals surface area (Å²) in [4.78, 5) is 28.6. The van der Waals surface area contributed by atoms with E-state index >= 15 is 0 Å². The molecule has 1 heterocycles. The van der Waals surface area contributed by atoms with E-state index in [4.69, 9.17) is 9.47 Å². The normalized spacial score (nSPS) is 16.1. The van der Waals surface area contributed by atoms with Crippen LogP contribution in [-0.2, 0) is 16.1 Å². The van der Waals surface area contributed by atoms with Crippen molar-refractivity contribution in [2.45, 2.75) is 19.9 Å². The first-order valence-electron chi connectivity index (χ1n) is 9.54. The summed E-state index contributed by atoms with van der Waals surface area (Å²) in [6.07, 6.45) is 0.139. The Bertz CT molecular complexity index is 902. The molecule has 154 valence electrons. The molecule has 2 aromatic carbocycles. The summed E-state index contributed by atoms with van der Waals surface area (Å²) < 4.78 is 24.4. The molecule has 29 heavy (non-hydrogen) atoms. The highest BCUT2D eigenvalue weighted by atomic mass is 19.1. The predicted octanol–water partition coefficient (Wildman–Crippen LogP) is 3.24. The zero-order chi connectivity index (χ0) is 21.0. The fraction of sp³-hybridized carbons (Fsp3) is 0.364. The Morgan fingerprint density at radius 2 is 2.00 bits per heavy atom. The summed E-state index contributed by atoms with van der Waals surface area (Å²) in [5.74, 6) is -0.400. The van der Waals surface area contributed by atoms with Crippen molar-refractivity contribution in [2.24, 2.45) is 5.92 Å². The van der Waals surface area contributed by atoms with Gasteiger partial charge >= 0.3 is 0 Å². The minimum absolute atomic E-state index is 0.112. The minimum Gasteiger partial charge on any atom is -0.494 e. The lowest BCUT2D eigenvalue weighted by molar-refractivity contribution is -0.135. The van der Waals surface area contributed by atoms with Gasteiger partial charge in [0.05, 0.1) is 25.3 Å². The van der Waals surface area contributed by atoms with Gasteiger partial charge in [-0.3, -0.25) is 9.59 Å². The maximum Gasteiger partial charge on any atom is 0.228 e. The van der Waals surface area contributed by atoms with Crippen molar-refractivity contribution in [2.75, 3.05) is 32.2 Å². The third-order valence-corrected chi connectivity index (χ3v) is 4.94. The van der Waals surface area contributed by atoms with E-state index < -0.39 is 11.7 Å². The molecule has 1 unspecified atom stereocenters. The first-order chi connectivity index (χ1) is 13.9. The van der Waals surface area contributed by atoms with Crippen LogP contribution >= 0.6 is 0 Å². The fourth-order valence-electron chi connectivity index (χ4n) is 3.54. The van der Waals surface area contributed by atoms with E-state index in [2.05, 4.69) is 0 Å². The SMILES string of the molecule is CCOc1ccccc1N1CC(C(=O)N(C)Cc2ccc(OC)c(F)c2)CC1=O. The van der Waals surface area contributed by atoms with Crippen LogP contribution in [0.5, 0.6) is 11.5 Å². The number of amides is 2. The van der Waals surface area contributed by atoms with Gasteiger partial charge in [-0.25, -0.2) is 4.39 Å². The van der Waals surface area contributed by atoms with Gasteiger partial charge in [-0.05, 0) is 36.8 Å². The van der Waals surface area contributed by atoms with Gasteiger partial charge in [0, 0.05) is 26.6 Å². The quantitative estimate of drug-likeness (QED) is 0.716. The van der Waals surface area contributed by atoms with Crippen molar-refractivity contribution < 1.29 is 23.5 Å². The Hall–Kier alpha value is -3.09. The summed E-state index contributed by atoms with van der Waals surface area (Å²) in [6.45, 7) is 2.91. The molecule has 2 amide bonds. The van der Waals surface area contributed by atoms with Gasteiger partial charge in [0.15, 0.2) is 11.6 Å². The van der Waals surface area contributed by atoms with Crippen LogP contribution < -0.4 is 14.4 Å². The molecule has 0 radical (unpaired) electrons. The average molecular weight is 400 g/mol. The third-order valence-electron chi connectivity index (χ3n) is 4.94. The number of hydrogen-bond acceptors (Lipinski definition) is 4. The second kappa shape index (κ2) is 8.94. The fourth-order valence-corrected chi connectivity index (χ4v) is 3.54. The van der Waals surface area contributed by atoms with Gasteiger partial charge in [0.1, 0.15) is 5.75 Å². The third kappa shape index (κ3) is 4.50. The van der Waals surface area contributed by atoms with E-state index in [0.29, 0.717) is 30.2 Å². The molecular weight excluding hydrogens is 375 g/mol. The summed E-state index contributed by atoms with van der Waals surface area (Å²) in [6, 6.07) is 11.9. The monoisotopic (exact) mass is 400 g/mol. The van der Waals surface area contributed by atoms with E-state index in [0.717, 1.165) is 0 Å². The zero-order valence-corrected chi connectivity index (χ0v) is 16.9. The van der Waals surface area contributed by atoms with E-state index in [1.165, 1.54) is 24.1 Å². The molecule has 0 aromatic heterocycles. The number of carbonyl (C=O) groups excluding carboxylic acids is 2. The second-order valence-electron chi connectivity index (χ2n) is 6.97. The summed E-state index contributed by atoms with van der Waals surface area (Å²) in [5, 5.41) is 0. The van der Waals surface area contributed by atoms with Crippen molar-refractivity contribution in [3.63, 3.8) is 0 Å². The molecule has 1 saturated heterocycles. The van der Waals surface area contributed by atoms with Crippen molar-refractivity contribution in [1.82, 2.24) is 4.90 Å². The van der Waals surface area contributed by atoms with Crippen molar-refractivity contribution in [3.8, 4) is 11.5 Å². The summed E-state index contributed by atoms with van der Waals surface area (Å²) >= 11 is 0. The molecular formula is C22H25FN2O4. The molecule has 0 aliphatic carbocycles. The highest BCUT2D eigenvalue weighted by Crippen LogP contribution is 2.33. The van der Waals surface area contributed by atoms with Gasteiger partial charge in [-0.2, -0.15) is 0 Å². The number of hydrogen-bond donors (Lipinski definition) is 0. The van der Waals surface area contributed by atoms with Crippen LogP contribution in [0, 0.1) is 11.7 Å². The van der Waals surface area contributed by atoms with Crippen molar-refractivity contribution in [3.05, 3.63) is 53.8 Å². The lowest BCUT2D eigenvalue weighted by atomic mass is 10.1. The molecule has 0 bridgehead atoms. The second-order valence-corrected chi connectivity index (χ2v) is 6.97. The average Bonchev–Trinajstić information content (AvgIpc) is 3.09. The van der Waals surface area contributed by atoms with Gasteiger partial charge in [0.25, 0.3) is 0 Å². The topological polar surface area (TPSA) is 59.1 Å². The van der Waals surface area contributed by atoms with Crippen LogP contribution in [0.25, 0.3) is 0 Å². The summed E-state index contributed by atoms with van der Waals surface area (Å²) in [7, 11) is 3.06.